The predicted octanol–water partition coefficient (Wildman–Crippen LogP) is 1.89. The molecule has 10 nitrogen and oxygen atoms in total. The van der Waals surface area contributed by atoms with Gasteiger partial charge < -0.3 is 19.7 Å². The van der Waals surface area contributed by atoms with Crippen LogP contribution in [0.3, 0.4) is 0 Å². The molecule has 2 aromatic rings. The number of rotatable bonds is 10. The standard InChI is InChI=1S/C21H24N4O6/c1-30-18-10-14(6-8-16(18)26)12-22-24-20(28)4-3-5-21(29)25-23-13-15-7-9-17(27)19(11-15)31-2/h6-13,26-27H,3-5H2,1-2H3,(H,24,28)(H,25,29). The van der Waals surface area contributed by atoms with Crippen molar-refractivity contribution in [2.24, 2.45) is 10.2 Å². The van der Waals surface area contributed by atoms with Gasteiger partial charge in [-0.15, -0.1) is 0 Å². The average molecular weight is 428 g/mol. The second-order valence-corrected chi connectivity index (χ2v) is 6.30. The number of nitrogens with zero attached hydrogens (tertiary/aromatic N) is 2. The number of nitrogens with one attached hydrogen (secondary N) is 2. The largest absolute Gasteiger partial charge is 0.504 e. The second kappa shape index (κ2) is 11.8. The molecule has 0 fully saturated rings. The van der Waals surface area contributed by atoms with Crippen molar-refractivity contribution in [3.8, 4) is 23.0 Å². The number of phenolic OH excluding ortho intramolecular Hbond substituents is 2. The zero-order chi connectivity index (χ0) is 22.6. The molecule has 4 N–H and O–H groups in total. The molecule has 10 heteroatoms. The van der Waals surface area contributed by atoms with Gasteiger partial charge in [-0.2, -0.15) is 10.2 Å². The van der Waals surface area contributed by atoms with Gasteiger partial charge in [0, 0.05) is 12.8 Å². The molecular weight excluding hydrogens is 404 g/mol. The Morgan fingerprint density at radius 3 is 1.65 bits per heavy atom. The molecule has 0 bridgehead atoms. The van der Waals surface area contributed by atoms with E-state index in [0.717, 1.165) is 0 Å². The van der Waals surface area contributed by atoms with Gasteiger partial charge in [0.2, 0.25) is 11.8 Å². The maximum atomic E-state index is 11.8. The van der Waals surface area contributed by atoms with Crippen LogP contribution in [0, 0.1) is 0 Å². The van der Waals surface area contributed by atoms with Crippen molar-refractivity contribution >= 4 is 24.2 Å². The number of amides is 2. The van der Waals surface area contributed by atoms with E-state index in [4.69, 9.17) is 9.47 Å². The molecule has 0 aliphatic heterocycles. The summed E-state index contributed by atoms with van der Waals surface area (Å²) in [5, 5.41) is 26.7. The van der Waals surface area contributed by atoms with Gasteiger partial charge in [0.15, 0.2) is 23.0 Å². The van der Waals surface area contributed by atoms with Crippen LogP contribution in [0.15, 0.2) is 46.6 Å². The lowest BCUT2D eigenvalue weighted by Crippen LogP contribution is -2.20. The fraction of sp³-hybridized carbons (Fsp3) is 0.238. The Morgan fingerprint density at radius 1 is 0.839 bits per heavy atom. The number of benzene rings is 2. The molecule has 0 aliphatic rings. The molecule has 0 saturated heterocycles. The van der Waals surface area contributed by atoms with E-state index >= 15 is 0 Å². The molecule has 164 valence electrons. The van der Waals surface area contributed by atoms with Crippen LogP contribution in [0.1, 0.15) is 30.4 Å². The first-order valence-corrected chi connectivity index (χ1v) is 9.30. The molecule has 2 rings (SSSR count). The van der Waals surface area contributed by atoms with Crippen LogP contribution < -0.4 is 20.3 Å². The van der Waals surface area contributed by atoms with Crippen LogP contribution in [0.4, 0.5) is 0 Å². The number of methoxy groups -OCH3 is 2. The molecule has 0 aliphatic carbocycles. The Kier molecular flexibility index (Phi) is 8.84. The third kappa shape index (κ3) is 7.69. The third-order valence-electron chi connectivity index (χ3n) is 4.02. The van der Waals surface area contributed by atoms with E-state index in [1.807, 2.05) is 0 Å². The number of hydrogen-bond acceptors (Lipinski definition) is 8. The van der Waals surface area contributed by atoms with Gasteiger partial charge in [-0.25, -0.2) is 10.9 Å². The minimum atomic E-state index is -0.338. The molecule has 2 aromatic carbocycles. The minimum absolute atomic E-state index is 0.00842. The van der Waals surface area contributed by atoms with Gasteiger partial charge >= 0.3 is 0 Å². The molecule has 0 radical (unpaired) electrons. The van der Waals surface area contributed by atoms with E-state index in [-0.39, 0.29) is 36.2 Å². The van der Waals surface area contributed by atoms with Crippen LogP contribution in [-0.2, 0) is 9.59 Å². The lowest BCUT2D eigenvalue weighted by molar-refractivity contribution is -0.122. The fourth-order valence-corrected chi connectivity index (χ4v) is 2.43. The normalized spacial score (nSPS) is 10.9. The Morgan fingerprint density at radius 2 is 1.26 bits per heavy atom. The first-order chi connectivity index (χ1) is 14.9. The highest BCUT2D eigenvalue weighted by atomic mass is 16.5. The molecule has 0 heterocycles. The van der Waals surface area contributed by atoms with E-state index in [1.54, 1.807) is 24.3 Å². The second-order valence-electron chi connectivity index (χ2n) is 6.30. The first-order valence-electron chi connectivity index (χ1n) is 9.30. The van der Waals surface area contributed by atoms with Crippen LogP contribution in [0.5, 0.6) is 23.0 Å². The lowest BCUT2D eigenvalue weighted by Gasteiger charge is -2.04. The number of phenols is 2. The molecule has 0 saturated carbocycles. The average Bonchev–Trinajstić information content (AvgIpc) is 2.76. The van der Waals surface area contributed by atoms with E-state index in [9.17, 15) is 19.8 Å². The van der Waals surface area contributed by atoms with Crippen LogP contribution >= 0.6 is 0 Å². The number of hydrogen-bond donors (Lipinski definition) is 4. The summed E-state index contributed by atoms with van der Waals surface area (Å²) in [5.41, 5.74) is 6.02. The summed E-state index contributed by atoms with van der Waals surface area (Å²) in [6.07, 6.45) is 3.38. The number of aromatic hydroxyl groups is 2. The lowest BCUT2D eigenvalue weighted by atomic mass is 10.2. The minimum Gasteiger partial charge on any atom is -0.504 e. The first kappa shape index (κ1) is 23.2. The molecule has 0 unspecified atom stereocenters. The summed E-state index contributed by atoms with van der Waals surface area (Å²) in [4.78, 5) is 23.6. The van der Waals surface area contributed by atoms with Gasteiger partial charge in [0.25, 0.3) is 0 Å². The monoisotopic (exact) mass is 428 g/mol. The predicted molar refractivity (Wildman–Crippen MR) is 115 cm³/mol. The van der Waals surface area contributed by atoms with Crippen LogP contribution in [-0.4, -0.2) is 48.7 Å². The Balaban J connectivity index is 1.69. The van der Waals surface area contributed by atoms with E-state index < -0.39 is 0 Å². The molecule has 0 atom stereocenters. The van der Waals surface area contributed by atoms with E-state index in [2.05, 4.69) is 21.1 Å². The molecule has 2 amide bonds. The zero-order valence-electron chi connectivity index (χ0n) is 17.2. The summed E-state index contributed by atoms with van der Waals surface area (Å²) >= 11 is 0. The number of carbonyl (C=O) groups is 2. The van der Waals surface area contributed by atoms with Crippen molar-refractivity contribution in [1.29, 1.82) is 0 Å². The van der Waals surface area contributed by atoms with E-state index in [1.165, 1.54) is 38.8 Å². The Hall–Kier alpha value is -4.08. The molecular formula is C21H24N4O6. The van der Waals surface area contributed by atoms with Gasteiger partial charge in [-0.1, -0.05) is 0 Å². The van der Waals surface area contributed by atoms with Crippen molar-refractivity contribution < 1.29 is 29.3 Å². The van der Waals surface area contributed by atoms with Gasteiger partial charge in [-0.05, 0) is 53.9 Å². The highest BCUT2D eigenvalue weighted by Gasteiger charge is 2.05. The highest BCUT2D eigenvalue weighted by Crippen LogP contribution is 2.26. The van der Waals surface area contributed by atoms with Gasteiger partial charge in [0.1, 0.15) is 0 Å². The summed E-state index contributed by atoms with van der Waals surface area (Å²) in [7, 11) is 2.87. The smallest absolute Gasteiger partial charge is 0.240 e. The van der Waals surface area contributed by atoms with Crippen molar-refractivity contribution in [2.75, 3.05) is 14.2 Å². The maximum absolute atomic E-state index is 11.8. The molecule has 0 aromatic heterocycles. The highest BCUT2D eigenvalue weighted by molar-refractivity contribution is 5.84. The van der Waals surface area contributed by atoms with Gasteiger partial charge in [0.05, 0.1) is 26.6 Å². The summed E-state index contributed by atoms with van der Waals surface area (Å²) in [6, 6.07) is 9.30. The van der Waals surface area contributed by atoms with Crippen LogP contribution in [0.25, 0.3) is 0 Å². The fourth-order valence-electron chi connectivity index (χ4n) is 2.43. The van der Waals surface area contributed by atoms with Crippen LogP contribution in [0.2, 0.25) is 0 Å². The Bertz CT molecular complexity index is 897. The quantitative estimate of drug-likeness (QED) is 0.336. The Labute approximate surface area is 179 Å². The zero-order valence-corrected chi connectivity index (χ0v) is 17.2. The summed E-state index contributed by atoms with van der Waals surface area (Å²) in [6.45, 7) is 0. The van der Waals surface area contributed by atoms with Crippen molar-refractivity contribution in [2.45, 2.75) is 19.3 Å². The maximum Gasteiger partial charge on any atom is 0.240 e. The number of hydrazone groups is 2. The van der Waals surface area contributed by atoms with Crippen molar-refractivity contribution in [3.05, 3.63) is 47.5 Å². The third-order valence-corrected chi connectivity index (χ3v) is 4.02. The van der Waals surface area contributed by atoms with Crippen molar-refractivity contribution in [1.82, 2.24) is 10.9 Å². The van der Waals surface area contributed by atoms with Gasteiger partial charge in [-0.3, -0.25) is 9.59 Å². The SMILES string of the molecule is COc1cc(C=NNC(=O)CCCC(=O)NN=Cc2ccc(O)c(OC)c2)ccc1O. The molecule has 0 spiro atoms. The molecule has 31 heavy (non-hydrogen) atoms. The summed E-state index contributed by atoms with van der Waals surface area (Å²) < 4.78 is 9.99. The summed E-state index contributed by atoms with van der Waals surface area (Å²) in [5.74, 6) is -0.0610. The number of carbonyl (C=O) groups excluding carboxylic acids is 2. The topological polar surface area (TPSA) is 142 Å². The van der Waals surface area contributed by atoms with Crippen molar-refractivity contribution in [3.63, 3.8) is 0 Å². The number of ether oxygens (including phenoxy) is 2. The van der Waals surface area contributed by atoms with E-state index in [0.29, 0.717) is 29.0 Å².